The van der Waals surface area contributed by atoms with Gasteiger partial charge >= 0.3 is 5.63 Å². The molecule has 1 heterocycles. The first-order valence-corrected chi connectivity index (χ1v) is 13.6. The Kier molecular flexibility index (Phi) is 11.9. The molecule has 0 spiro atoms. The van der Waals surface area contributed by atoms with Crippen LogP contribution in [0.4, 0.5) is 0 Å². The van der Waals surface area contributed by atoms with Crippen LogP contribution < -0.4 is 10.4 Å². The molecule has 0 unspecified atom stereocenters. The second-order valence-electron chi connectivity index (χ2n) is 9.56. The van der Waals surface area contributed by atoms with E-state index in [0.29, 0.717) is 24.4 Å². The van der Waals surface area contributed by atoms with E-state index in [1.165, 1.54) is 63.4 Å². The minimum atomic E-state index is -0.315. The van der Waals surface area contributed by atoms with Crippen LogP contribution in [0.25, 0.3) is 22.1 Å². The molecule has 1 aromatic heterocycles. The second-order valence-corrected chi connectivity index (χ2v) is 9.56. The van der Waals surface area contributed by atoms with Crippen molar-refractivity contribution >= 4 is 11.0 Å². The van der Waals surface area contributed by atoms with E-state index in [0.717, 1.165) is 42.4 Å². The van der Waals surface area contributed by atoms with E-state index < -0.39 is 0 Å². The van der Waals surface area contributed by atoms with Crippen LogP contribution in [-0.4, -0.2) is 18.3 Å². The van der Waals surface area contributed by atoms with Gasteiger partial charge in [-0.05, 0) is 55.0 Å². The Bertz CT molecular complexity index is 1050. The third-order valence-corrected chi connectivity index (χ3v) is 6.61. The normalized spacial score (nSPS) is 11.3. The number of aryl methyl sites for hydroxylation is 1. The molecule has 0 saturated carbocycles. The summed E-state index contributed by atoms with van der Waals surface area (Å²) in [5.74, 6) is 0.744. The predicted octanol–water partition coefficient (Wildman–Crippen LogP) is 8.07. The first-order valence-electron chi connectivity index (χ1n) is 13.6. The van der Waals surface area contributed by atoms with Crippen LogP contribution in [0.15, 0.2) is 57.7 Å². The highest BCUT2D eigenvalue weighted by molar-refractivity contribution is 5.82. The molecule has 4 nitrogen and oxygen atoms in total. The first-order chi connectivity index (χ1) is 17.2. The third kappa shape index (κ3) is 9.18. The number of hydrogen-bond donors (Lipinski definition) is 1. The molecule has 0 amide bonds. The summed E-state index contributed by atoms with van der Waals surface area (Å²) in [5, 5.41) is 9.69. The molecule has 3 aromatic rings. The number of hydrogen-bond acceptors (Lipinski definition) is 4. The summed E-state index contributed by atoms with van der Waals surface area (Å²) >= 11 is 0. The molecule has 0 aliphatic rings. The summed E-state index contributed by atoms with van der Waals surface area (Å²) in [5.41, 5.74) is 3.05. The smallest absolute Gasteiger partial charge is 0.344 e. The number of rotatable bonds is 17. The molecule has 35 heavy (non-hydrogen) atoms. The summed E-state index contributed by atoms with van der Waals surface area (Å²) in [6.07, 6.45) is 15.3. The quantitative estimate of drug-likeness (QED) is 0.157. The predicted molar refractivity (Wildman–Crippen MR) is 145 cm³/mol. The number of unbranched alkanes of at least 4 members (excludes halogenated alkanes) is 10. The van der Waals surface area contributed by atoms with Gasteiger partial charge in [0, 0.05) is 18.1 Å². The van der Waals surface area contributed by atoms with Crippen molar-refractivity contribution in [2.75, 3.05) is 13.2 Å². The Morgan fingerprint density at radius 1 is 0.771 bits per heavy atom. The lowest BCUT2D eigenvalue weighted by molar-refractivity contribution is 0.282. The Labute approximate surface area is 210 Å². The number of ether oxygens (including phenoxy) is 1. The molecule has 0 fully saturated rings. The Balaban J connectivity index is 1.46. The van der Waals surface area contributed by atoms with Crippen LogP contribution in [0.1, 0.15) is 89.5 Å². The van der Waals surface area contributed by atoms with Crippen molar-refractivity contribution in [3.8, 4) is 16.9 Å². The minimum Gasteiger partial charge on any atom is -0.493 e. The standard InChI is InChI=1S/C31H42O4/c1-2-3-11-14-25-15-17-26(18-16-25)29-23-27-19-20-28(24-30(27)35-31(29)33)34-22-13-10-8-6-4-5-7-9-12-21-32/h15-20,23-24,32H,2-14,21-22H2,1H3. The summed E-state index contributed by atoms with van der Waals surface area (Å²) in [6, 6.07) is 15.9. The van der Waals surface area contributed by atoms with E-state index in [9.17, 15) is 4.79 Å². The average Bonchev–Trinajstić information content (AvgIpc) is 2.87. The largest absolute Gasteiger partial charge is 0.493 e. The van der Waals surface area contributed by atoms with Crippen molar-refractivity contribution in [3.63, 3.8) is 0 Å². The Hall–Kier alpha value is -2.59. The van der Waals surface area contributed by atoms with Gasteiger partial charge in [-0.3, -0.25) is 0 Å². The van der Waals surface area contributed by atoms with Crippen LogP contribution in [0.5, 0.6) is 5.75 Å². The van der Waals surface area contributed by atoms with Crippen LogP contribution in [-0.2, 0) is 6.42 Å². The number of aliphatic hydroxyl groups is 1. The van der Waals surface area contributed by atoms with E-state index in [2.05, 4.69) is 19.1 Å². The van der Waals surface area contributed by atoms with Gasteiger partial charge in [-0.15, -0.1) is 0 Å². The molecule has 4 heteroatoms. The van der Waals surface area contributed by atoms with Gasteiger partial charge in [0.25, 0.3) is 0 Å². The maximum atomic E-state index is 12.7. The van der Waals surface area contributed by atoms with E-state index in [-0.39, 0.29) is 5.63 Å². The maximum absolute atomic E-state index is 12.7. The van der Waals surface area contributed by atoms with Crippen molar-refractivity contribution in [1.82, 2.24) is 0 Å². The molecule has 3 rings (SSSR count). The van der Waals surface area contributed by atoms with E-state index in [1.807, 2.05) is 36.4 Å². The SMILES string of the molecule is CCCCCc1ccc(-c2cc3ccc(OCCCCCCCCCCCO)cc3oc2=O)cc1. The highest BCUT2D eigenvalue weighted by Gasteiger charge is 2.09. The van der Waals surface area contributed by atoms with Gasteiger partial charge in [-0.1, -0.05) is 89.0 Å². The number of fused-ring (bicyclic) bond motifs is 1. The Morgan fingerprint density at radius 3 is 2.14 bits per heavy atom. The van der Waals surface area contributed by atoms with Gasteiger partial charge in [0.15, 0.2) is 0 Å². The van der Waals surface area contributed by atoms with Crippen LogP contribution in [0.3, 0.4) is 0 Å². The molecule has 0 atom stereocenters. The molecule has 0 aliphatic carbocycles. The molecule has 0 bridgehead atoms. The Morgan fingerprint density at radius 2 is 1.46 bits per heavy atom. The van der Waals surface area contributed by atoms with Crippen LogP contribution in [0.2, 0.25) is 0 Å². The molecule has 0 saturated heterocycles. The average molecular weight is 479 g/mol. The van der Waals surface area contributed by atoms with Crippen LogP contribution in [0, 0.1) is 0 Å². The molecule has 0 radical (unpaired) electrons. The van der Waals surface area contributed by atoms with E-state index >= 15 is 0 Å². The monoisotopic (exact) mass is 478 g/mol. The third-order valence-electron chi connectivity index (χ3n) is 6.61. The van der Waals surface area contributed by atoms with E-state index in [1.54, 1.807) is 0 Å². The van der Waals surface area contributed by atoms with Crippen molar-refractivity contribution in [2.24, 2.45) is 0 Å². The molecular formula is C31H42O4. The minimum absolute atomic E-state index is 0.315. The fourth-order valence-electron chi connectivity index (χ4n) is 4.45. The molecule has 2 aromatic carbocycles. The zero-order chi connectivity index (χ0) is 24.7. The van der Waals surface area contributed by atoms with Crippen molar-refractivity contribution in [1.29, 1.82) is 0 Å². The topological polar surface area (TPSA) is 59.7 Å². The lowest BCUT2D eigenvalue weighted by Crippen LogP contribution is -2.03. The highest BCUT2D eigenvalue weighted by Crippen LogP contribution is 2.25. The van der Waals surface area contributed by atoms with Gasteiger partial charge in [0.2, 0.25) is 0 Å². The number of aliphatic hydroxyl groups excluding tert-OH is 1. The van der Waals surface area contributed by atoms with E-state index in [4.69, 9.17) is 14.3 Å². The fraction of sp³-hybridized carbons (Fsp3) is 0.516. The lowest BCUT2D eigenvalue weighted by Gasteiger charge is -2.08. The van der Waals surface area contributed by atoms with Crippen molar-refractivity contribution in [3.05, 3.63) is 64.5 Å². The van der Waals surface area contributed by atoms with Gasteiger partial charge in [-0.2, -0.15) is 0 Å². The summed E-state index contributed by atoms with van der Waals surface area (Å²) < 4.78 is 11.6. The second kappa shape index (κ2) is 15.4. The highest BCUT2D eigenvalue weighted by atomic mass is 16.5. The zero-order valence-electron chi connectivity index (χ0n) is 21.4. The lowest BCUT2D eigenvalue weighted by atomic mass is 10.0. The first kappa shape index (κ1) is 27.0. The summed E-state index contributed by atoms with van der Waals surface area (Å²) in [6.45, 7) is 3.21. The summed E-state index contributed by atoms with van der Waals surface area (Å²) in [7, 11) is 0. The van der Waals surface area contributed by atoms with Crippen LogP contribution >= 0.6 is 0 Å². The van der Waals surface area contributed by atoms with Crippen molar-refractivity contribution in [2.45, 2.75) is 90.4 Å². The van der Waals surface area contributed by atoms with Gasteiger partial charge in [0.1, 0.15) is 11.3 Å². The van der Waals surface area contributed by atoms with Gasteiger partial charge < -0.3 is 14.3 Å². The maximum Gasteiger partial charge on any atom is 0.344 e. The zero-order valence-corrected chi connectivity index (χ0v) is 21.4. The van der Waals surface area contributed by atoms with Crippen molar-refractivity contribution < 1.29 is 14.3 Å². The van der Waals surface area contributed by atoms with Gasteiger partial charge in [0.05, 0.1) is 12.2 Å². The molecule has 190 valence electrons. The molecule has 1 N–H and O–H groups in total. The fourth-order valence-corrected chi connectivity index (χ4v) is 4.45. The summed E-state index contributed by atoms with van der Waals surface area (Å²) in [4.78, 5) is 12.7. The van der Waals surface area contributed by atoms with Gasteiger partial charge in [-0.25, -0.2) is 4.79 Å². The number of benzene rings is 2. The molecule has 0 aliphatic heterocycles. The molecular weight excluding hydrogens is 436 g/mol.